The average Bonchev–Trinajstić information content (AvgIpc) is 3.20. The van der Waals surface area contributed by atoms with Crippen molar-refractivity contribution in [3.8, 4) is 5.75 Å². The molecule has 0 N–H and O–H groups in total. The van der Waals surface area contributed by atoms with E-state index in [9.17, 15) is 9.59 Å². The average molecular weight is 435 g/mol. The molecule has 2 saturated carbocycles. The van der Waals surface area contributed by atoms with Gasteiger partial charge in [-0.1, -0.05) is 48.1 Å². The molecule has 2 bridgehead atoms. The van der Waals surface area contributed by atoms with Gasteiger partial charge in [-0.05, 0) is 49.4 Å². The maximum absolute atomic E-state index is 13.8. The fraction of sp³-hybridized carbons (Fsp3) is 0.400. The number of rotatable bonds is 5. The van der Waals surface area contributed by atoms with E-state index >= 15 is 0 Å². The maximum atomic E-state index is 13.8. The van der Waals surface area contributed by atoms with E-state index in [0.717, 1.165) is 40.8 Å². The van der Waals surface area contributed by atoms with Crippen LogP contribution in [0.15, 0.2) is 48.5 Å². The van der Waals surface area contributed by atoms with Gasteiger partial charge in [0.25, 0.3) is 0 Å². The Bertz CT molecular complexity index is 1090. The van der Waals surface area contributed by atoms with E-state index in [1.165, 1.54) is 11.3 Å². The van der Waals surface area contributed by atoms with Gasteiger partial charge in [-0.2, -0.15) is 0 Å². The molecule has 3 aromatic rings. The third-order valence-electron chi connectivity index (χ3n) is 6.66. The lowest BCUT2D eigenvalue weighted by Gasteiger charge is -2.38. The smallest absolute Gasteiger partial charge is 0.232 e. The quantitative estimate of drug-likeness (QED) is 0.551. The van der Waals surface area contributed by atoms with Gasteiger partial charge < -0.3 is 4.74 Å². The van der Waals surface area contributed by atoms with Crippen molar-refractivity contribution in [2.24, 2.45) is 17.8 Å². The SMILES string of the molecule is COc1ccc2nc(N(Cc3ccccc3)C(=O)C3CC4CCCC(C3)C4=O)sc2c1. The van der Waals surface area contributed by atoms with Gasteiger partial charge in [-0.3, -0.25) is 14.5 Å². The van der Waals surface area contributed by atoms with E-state index < -0.39 is 0 Å². The Morgan fingerprint density at radius 2 is 1.87 bits per heavy atom. The maximum Gasteiger partial charge on any atom is 0.232 e. The van der Waals surface area contributed by atoms with Crippen LogP contribution in [0.1, 0.15) is 37.7 Å². The lowest BCUT2D eigenvalue weighted by atomic mass is 9.67. The molecule has 2 aliphatic rings. The van der Waals surface area contributed by atoms with Crippen LogP contribution in [0.3, 0.4) is 0 Å². The van der Waals surface area contributed by atoms with Gasteiger partial charge >= 0.3 is 0 Å². The van der Waals surface area contributed by atoms with Crippen molar-refractivity contribution in [3.63, 3.8) is 0 Å². The highest BCUT2D eigenvalue weighted by atomic mass is 32.1. The second kappa shape index (κ2) is 8.42. The van der Waals surface area contributed by atoms with Gasteiger partial charge in [0.1, 0.15) is 11.5 Å². The van der Waals surface area contributed by atoms with Crippen LogP contribution in [-0.4, -0.2) is 23.8 Å². The van der Waals surface area contributed by atoms with E-state index in [-0.39, 0.29) is 23.7 Å². The first-order chi connectivity index (χ1) is 15.1. The number of hydrogen-bond donors (Lipinski definition) is 0. The van der Waals surface area contributed by atoms with Crippen molar-refractivity contribution in [2.75, 3.05) is 12.0 Å². The van der Waals surface area contributed by atoms with Crippen LogP contribution in [-0.2, 0) is 16.1 Å². The van der Waals surface area contributed by atoms with Gasteiger partial charge in [0.05, 0.1) is 23.9 Å². The number of methoxy groups -OCH3 is 1. The predicted octanol–water partition coefficient (Wildman–Crippen LogP) is 5.23. The van der Waals surface area contributed by atoms with Crippen molar-refractivity contribution in [1.29, 1.82) is 0 Å². The molecule has 0 aliphatic heterocycles. The molecule has 31 heavy (non-hydrogen) atoms. The van der Waals surface area contributed by atoms with E-state index in [4.69, 9.17) is 9.72 Å². The molecular formula is C25H26N2O3S. The summed E-state index contributed by atoms with van der Waals surface area (Å²) in [6.07, 6.45) is 4.32. The summed E-state index contributed by atoms with van der Waals surface area (Å²) in [7, 11) is 1.65. The van der Waals surface area contributed by atoms with Crippen LogP contribution < -0.4 is 9.64 Å². The van der Waals surface area contributed by atoms with Crippen LogP contribution in [0, 0.1) is 17.8 Å². The van der Waals surface area contributed by atoms with Crippen molar-refractivity contribution < 1.29 is 14.3 Å². The standard InChI is InChI=1S/C25H26N2O3S/c1-30-20-10-11-21-22(14-20)31-25(26-21)27(15-16-6-3-2-4-7-16)24(29)19-12-17-8-5-9-18(13-19)23(17)28/h2-4,6-7,10-11,14,17-19H,5,8-9,12-13,15H2,1H3. The first kappa shape index (κ1) is 20.2. The monoisotopic (exact) mass is 434 g/mol. The van der Waals surface area contributed by atoms with Gasteiger partial charge in [-0.25, -0.2) is 4.98 Å². The number of hydrogen-bond acceptors (Lipinski definition) is 5. The second-order valence-corrected chi connectivity index (χ2v) is 9.64. The highest BCUT2D eigenvalue weighted by molar-refractivity contribution is 7.22. The van der Waals surface area contributed by atoms with Gasteiger partial charge in [0.2, 0.25) is 5.91 Å². The van der Waals surface area contributed by atoms with Gasteiger partial charge in [-0.15, -0.1) is 0 Å². The van der Waals surface area contributed by atoms with E-state index in [1.807, 2.05) is 53.4 Å². The van der Waals surface area contributed by atoms with E-state index in [2.05, 4.69) is 0 Å². The summed E-state index contributed by atoms with van der Waals surface area (Å²) in [6, 6.07) is 15.8. The van der Waals surface area contributed by atoms with Gasteiger partial charge in [0.15, 0.2) is 5.13 Å². The highest BCUT2D eigenvalue weighted by Crippen LogP contribution is 2.42. The first-order valence-corrected chi connectivity index (χ1v) is 11.8. The molecule has 5 rings (SSSR count). The van der Waals surface area contributed by atoms with Crippen LogP contribution >= 0.6 is 11.3 Å². The molecule has 2 atom stereocenters. The van der Waals surface area contributed by atoms with Crippen LogP contribution in [0.25, 0.3) is 10.2 Å². The third-order valence-corrected chi connectivity index (χ3v) is 7.70. The zero-order valence-electron chi connectivity index (χ0n) is 17.6. The Labute approximate surface area is 186 Å². The molecule has 2 aliphatic carbocycles. The summed E-state index contributed by atoms with van der Waals surface area (Å²) in [6.45, 7) is 0.483. The number of ether oxygens (including phenoxy) is 1. The summed E-state index contributed by atoms with van der Waals surface area (Å²) in [4.78, 5) is 33.0. The largest absolute Gasteiger partial charge is 0.497 e. The van der Waals surface area contributed by atoms with Crippen LogP contribution in [0.2, 0.25) is 0 Å². The minimum absolute atomic E-state index is 0.0552. The third kappa shape index (κ3) is 3.97. The van der Waals surface area contributed by atoms with Crippen LogP contribution in [0.5, 0.6) is 5.75 Å². The van der Waals surface area contributed by atoms with Crippen molar-refractivity contribution >= 4 is 38.4 Å². The molecule has 5 nitrogen and oxygen atoms in total. The zero-order valence-corrected chi connectivity index (χ0v) is 18.4. The number of fused-ring (bicyclic) bond motifs is 3. The predicted molar refractivity (Wildman–Crippen MR) is 122 cm³/mol. The molecule has 0 saturated heterocycles. The summed E-state index contributed by atoms with van der Waals surface area (Å²) in [5.74, 6) is 1.26. The number of benzene rings is 2. The number of thiazole rings is 1. The zero-order chi connectivity index (χ0) is 21.4. The number of nitrogens with zero attached hydrogens (tertiary/aromatic N) is 2. The number of amides is 1. The summed E-state index contributed by atoms with van der Waals surface area (Å²) < 4.78 is 6.35. The number of carbonyl (C=O) groups excluding carboxylic acids is 2. The molecule has 0 spiro atoms. The highest BCUT2D eigenvalue weighted by Gasteiger charge is 2.42. The Balaban J connectivity index is 1.48. The normalized spacial score (nSPS) is 23.0. The van der Waals surface area contributed by atoms with Gasteiger partial charge in [0, 0.05) is 17.8 Å². The minimum atomic E-state index is -0.113. The lowest BCUT2D eigenvalue weighted by molar-refractivity contribution is -0.136. The summed E-state index contributed by atoms with van der Waals surface area (Å²) >= 11 is 1.52. The number of aromatic nitrogens is 1. The van der Waals surface area contributed by atoms with E-state index in [0.29, 0.717) is 30.3 Å². The molecule has 1 heterocycles. The Morgan fingerprint density at radius 1 is 1.13 bits per heavy atom. The molecule has 1 aromatic heterocycles. The Kier molecular flexibility index (Phi) is 5.48. The topological polar surface area (TPSA) is 59.5 Å². The van der Waals surface area contributed by atoms with Crippen molar-refractivity contribution in [3.05, 3.63) is 54.1 Å². The number of Topliss-reactive ketones (excluding diaryl/α,β-unsaturated/α-hetero) is 1. The summed E-state index contributed by atoms with van der Waals surface area (Å²) in [5, 5.41) is 0.708. The fourth-order valence-corrected chi connectivity index (χ4v) is 6.04. The molecule has 0 radical (unpaired) electrons. The number of anilines is 1. The molecule has 160 valence electrons. The van der Waals surface area contributed by atoms with Crippen molar-refractivity contribution in [1.82, 2.24) is 4.98 Å². The molecular weight excluding hydrogens is 408 g/mol. The Hall–Kier alpha value is -2.73. The Morgan fingerprint density at radius 3 is 2.58 bits per heavy atom. The summed E-state index contributed by atoms with van der Waals surface area (Å²) in [5.41, 5.74) is 1.93. The number of carbonyl (C=O) groups is 2. The number of ketones is 1. The molecule has 2 aromatic carbocycles. The first-order valence-electron chi connectivity index (χ1n) is 11.0. The fourth-order valence-electron chi connectivity index (χ4n) is 5.04. The lowest BCUT2D eigenvalue weighted by Crippen LogP contribution is -2.44. The molecule has 6 heteroatoms. The second-order valence-electron chi connectivity index (χ2n) is 8.64. The van der Waals surface area contributed by atoms with E-state index in [1.54, 1.807) is 7.11 Å². The molecule has 1 amide bonds. The van der Waals surface area contributed by atoms with Crippen LogP contribution in [0.4, 0.5) is 5.13 Å². The molecule has 2 unspecified atom stereocenters. The molecule has 2 fully saturated rings. The van der Waals surface area contributed by atoms with Crippen molar-refractivity contribution in [2.45, 2.75) is 38.6 Å². The minimum Gasteiger partial charge on any atom is -0.497 e.